The predicted octanol–water partition coefficient (Wildman–Crippen LogP) is 6.22. The van der Waals surface area contributed by atoms with Crippen LogP contribution in [0.2, 0.25) is 0 Å². The third-order valence-electron chi connectivity index (χ3n) is 3.67. The van der Waals surface area contributed by atoms with Crippen LogP contribution in [-0.4, -0.2) is 5.78 Å². The van der Waals surface area contributed by atoms with Crippen LogP contribution in [0.3, 0.4) is 0 Å². The van der Waals surface area contributed by atoms with Gasteiger partial charge in [-0.3, -0.25) is 4.79 Å². The van der Waals surface area contributed by atoms with Gasteiger partial charge in [0, 0.05) is 12.8 Å². The van der Waals surface area contributed by atoms with Gasteiger partial charge in [0.2, 0.25) is 0 Å². The largest absolute Gasteiger partial charge is 0.300 e. The van der Waals surface area contributed by atoms with Crippen LogP contribution in [0.15, 0.2) is 12.7 Å². The highest BCUT2D eigenvalue weighted by Gasteiger charge is 2.01. The zero-order valence-corrected chi connectivity index (χ0v) is 13.1. The first-order chi connectivity index (χ1) is 9.31. The molecule has 0 rings (SSSR count). The van der Waals surface area contributed by atoms with Crippen molar-refractivity contribution in [3.05, 3.63) is 12.7 Å². The molecule has 0 aliphatic heterocycles. The summed E-state index contributed by atoms with van der Waals surface area (Å²) in [5, 5.41) is 0. The van der Waals surface area contributed by atoms with Gasteiger partial charge in [-0.2, -0.15) is 0 Å². The van der Waals surface area contributed by atoms with Gasteiger partial charge >= 0.3 is 0 Å². The summed E-state index contributed by atoms with van der Waals surface area (Å²) < 4.78 is 0. The maximum absolute atomic E-state index is 11.6. The van der Waals surface area contributed by atoms with Gasteiger partial charge in [0.1, 0.15) is 5.78 Å². The topological polar surface area (TPSA) is 17.1 Å². The van der Waals surface area contributed by atoms with Crippen LogP contribution in [-0.2, 0) is 4.79 Å². The van der Waals surface area contributed by atoms with Crippen LogP contribution in [0.1, 0.15) is 96.8 Å². The maximum atomic E-state index is 11.6. The van der Waals surface area contributed by atoms with E-state index in [2.05, 4.69) is 13.5 Å². The Kier molecular flexibility index (Phi) is 15.0. The summed E-state index contributed by atoms with van der Waals surface area (Å²) in [6.07, 6.45) is 18.6. The van der Waals surface area contributed by atoms with E-state index in [-0.39, 0.29) is 0 Å². The Hall–Kier alpha value is -0.590. The second-order valence-corrected chi connectivity index (χ2v) is 5.65. The minimum Gasteiger partial charge on any atom is -0.300 e. The van der Waals surface area contributed by atoms with Crippen molar-refractivity contribution in [2.45, 2.75) is 96.8 Å². The van der Waals surface area contributed by atoms with E-state index in [1.165, 1.54) is 57.8 Å². The Morgan fingerprint density at radius 2 is 1.26 bits per heavy atom. The van der Waals surface area contributed by atoms with Crippen molar-refractivity contribution in [1.29, 1.82) is 0 Å². The fourth-order valence-electron chi connectivity index (χ4n) is 2.37. The van der Waals surface area contributed by atoms with E-state index < -0.39 is 0 Å². The molecular weight excluding hydrogens is 232 g/mol. The fraction of sp³-hybridized carbons (Fsp3) is 0.833. The number of unbranched alkanes of at least 4 members (excludes halogenated alkanes) is 10. The lowest BCUT2D eigenvalue weighted by Crippen LogP contribution is -1.97. The van der Waals surface area contributed by atoms with Crippen LogP contribution in [0, 0.1) is 0 Å². The molecule has 0 aromatic rings. The number of carbonyl (C=O) groups is 1. The Balaban J connectivity index is 3.13. The van der Waals surface area contributed by atoms with Gasteiger partial charge < -0.3 is 0 Å². The summed E-state index contributed by atoms with van der Waals surface area (Å²) in [5.74, 6) is 0.489. The van der Waals surface area contributed by atoms with Crippen LogP contribution in [0.4, 0.5) is 0 Å². The lowest BCUT2D eigenvalue weighted by molar-refractivity contribution is -0.119. The predicted molar refractivity (Wildman–Crippen MR) is 85.5 cm³/mol. The second-order valence-electron chi connectivity index (χ2n) is 5.65. The quantitative estimate of drug-likeness (QED) is 0.254. The molecule has 0 radical (unpaired) electrons. The van der Waals surface area contributed by atoms with E-state index in [1.807, 2.05) is 6.08 Å². The SMILES string of the molecule is C=CCCCCCCCCC(=O)CCCCCCC. The van der Waals surface area contributed by atoms with Gasteiger partial charge in [-0.15, -0.1) is 6.58 Å². The first-order valence-corrected chi connectivity index (χ1v) is 8.43. The van der Waals surface area contributed by atoms with Gasteiger partial charge in [-0.25, -0.2) is 0 Å². The highest BCUT2D eigenvalue weighted by Crippen LogP contribution is 2.11. The van der Waals surface area contributed by atoms with E-state index >= 15 is 0 Å². The van der Waals surface area contributed by atoms with Gasteiger partial charge in [0.15, 0.2) is 0 Å². The number of hydrogen-bond donors (Lipinski definition) is 0. The van der Waals surface area contributed by atoms with E-state index in [1.54, 1.807) is 0 Å². The van der Waals surface area contributed by atoms with Crippen molar-refractivity contribution in [2.24, 2.45) is 0 Å². The molecule has 0 atom stereocenters. The Morgan fingerprint density at radius 1 is 0.789 bits per heavy atom. The normalized spacial score (nSPS) is 10.6. The second kappa shape index (κ2) is 15.5. The molecule has 0 saturated heterocycles. The number of Topliss-reactive ketones (excluding diaryl/α,β-unsaturated/α-hetero) is 1. The zero-order valence-electron chi connectivity index (χ0n) is 13.1. The molecule has 0 amide bonds. The number of ketones is 1. The molecule has 0 N–H and O–H groups in total. The smallest absolute Gasteiger partial charge is 0.132 e. The maximum Gasteiger partial charge on any atom is 0.132 e. The first kappa shape index (κ1) is 18.4. The lowest BCUT2D eigenvalue weighted by atomic mass is 10.0. The van der Waals surface area contributed by atoms with Gasteiger partial charge in [0.25, 0.3) is 0 Å². The third-order valence-corrected chi connectivity index (χ3v) is 3.67. The van der Waals surface area contributed by atoms with E-state index in [4.69, 9.17) is 0 Å². The summed E-state index contributed by atoms with van der Waals surface area (Å²) in [4.78, 5) is 11.6. The molecule has 0 unspecified atom stereocenters. The number of hydrogen-bond acceptors (Lipinski definition) is 1. The van der Waals surface area contributed by atoms with Crippen molar-refractivity contribution in [3.8, 4) is 0 Å². The van der Waals surface area contributed by atoms with E-state index in [0.717, 1.165) is 32.1 Å². The molecule has 0 saturated carbocycles. The van der Waals surface area contributed by atoms with Crippen molar-refractivity contribution < 1.29 is 4.79 Å². The number of rotatable bonds is 15. The summed E-state index contributed by atoms with van der Waals surface area (Å²) in [6.45, 7) is 5.96. The minimum atomic E-state index is 0.489. The Morgan fingerprint density at radius 3 is 1.79 bits per heavy atom. The van der Waals surface area contributed by atoms with Crippen molar-refractivity contribution in [3.63, 3.8) is 0 Å². The molecule has 1 nitrogen and oxygen atoms in total. The standard InChI is InChI=1S/C18H34O/c1-3-5-7-9-10-11-13-15-17-18(19)16-14-12-8-6-4-2/h3H,1,4-17H2,2H3. The molecule has 0 spiro atoms. The van der Waals surface area contributed by atoms with Crippen LogP contribution >= 0.6 is 0 Å². The molecule has 0 bridgehead atoms. The van der Waals surface area contributed by atoms with Crippen molar-refractivity contribution in [2.75, 3.05) is 0 Å². The molecule has 0 aromatic carbocycles. The molecule has 19 heavy (non-hydrogen) atoms. The molecule has 112 valence electrons. The zero-order chi connectivity index (χ0) is 14.2. The van der Waals surface area contributed by atoms with Crippen LogP contribution in [0.5, 0.6) is 0 Å². The monoisotopic (exact) mass is 266 g/mol. The highest BCUT2D eigenvalue weighted by atomic mass is 16.1. The average molecular weight is 266 g/mol. The third kappa shape index (κ3) is 15.4. The summed E-state index contributed by atoms with van der Waals surface area (Å²) in [5.41, 5.74) is 0. The van der Waals surface area contributed by atoms with Crippen molar-refractivity contribution in [1.82, 2.24) is 0 Å². The van der Waals surface area contributed by atoms with Gasteiger partial charge in [0.05, 0.1) is 0 Å². The fourth-order valence-corrected chi connectivity index (χ4v) is 2.37. The van der Waals surface area contributed by atoms with Gasteiger partial charge in [-0.05, 0) is 25.7 Å². The van der Waals surface area contributed by atoms with E-state index in [0.29, 0.717) is 5.78 Å². The molecule has 0 heterocycles. The molecule has 0 aromatic heterocycles. The number of allylic oxidation sites excluding steroid dienone is 1. The summed E-state index contributed by atoms with van der Waals surface area (Å²) in [6, 6.07) is 0. The highest BCUT2D eigenvalue weighted by molar-refractivity contribution is 5.78. The average Bonchev–Trinajstić information content (AvgIpc) is 2.41. The molecule has 0 aliphatic carbocycles. The van der Waals surface area contributed by atoms with Crippen molar-refractivity contribution >= 4 is 5.78 Å². The van der Waals surface area contributed by atoms with Gasteiger partial charge in [-0.1, -0.05) is 64.4 Å². The molecule has 1 heteroatoms. The first-order valence-electron chi connectivity index (χ1n) is 8.43. The molecule has 0 fully saturated rings. The summed E-state index contributed by atoms with van der Waals surface area (Å²) in [7, 11) is 0. The van der Waals surface area contributed by atoms with E-state index in [9.17, 15) is 4.79 Å². The van der Waals surface area contributed by atoms with Crippen LogP contribution in [0.25, 0.3) is 0 Å². The number of carbonyl (C=O) groups excluding carboxylic acids is 1. The Labute approximate surface area is 120 Å². The minimum absolute atomic E-state index is 0.489. The molecule has 0 aliphatic rings. The summed E-state index contributed by atoms with van der Waals surface area (Å²) >= 11 is 0. The Bertz CT molecular complexity index is 208. The lowest BCUT2D eigenvalue weighted by Gasteiger charge is -2.02. The van der Waals surface area contributed by atoms with Crippen LogP contribution < -0.4 is 0 Å². The molecular formula is C18H34O.